The molecule has 1 aliphatic carbocycles. The number of carbonyl (C=O) groups is 1. The van der Waals surface area contributed by atoms with Crippen molar-refractivity contribution in [2.24, 2.45) is 0 Å². The van der Waals surface area contributed by atoms with Crippen molar-refractivity contribution in [1.29, 1.82) is 0 Å². The molecular weight excluding hydrogens is 506 g/mol. The van der Waals surface area contributed by atoms with E-state index in [2.05, 4.69) is 21.2 Å². The number of rotatable bonds is 5. The molecule has 1 amide bonds. The van der Waals surface area contributed by atoms with Crippen molar-refractivity contribution in [3.05, 3.63) is 79.9 Å². The van der Waals surface area contributed by atoms with E-state index >= 15 is 0 Å². The summed E-state index contributed by atoms with van der Waals surface area (Å²) in [4.78, 5) is 33.2. The fourth-order valence-corrected chi connectivity index (χ4v) is 6.50. The van der Waals surface area contributed by atoms with Crippen LogP contribution in [0.5, 0.6) is 0 Å². The highest BCUT2D eigenvalue weighted by molar-refractivity contribution is 9.10. The van der Waals surface area contributed by atoms with Crippen molar-refractivity contribution in [3.63, 3.8) is 0 Å². The van der Waals surface area contributed by atoms with Gasteiger partial charge in [0.05, 0.1) is 16.8 Å². The molecule has 0 atom stereocenters. The van der Waals surface area contributed by atoms with Crippen LogP contribution in [0.4, 0.5) is 5.69 Å². The van der Waals surface area contributed by atoms with Gasteiger partial charge in [0.25, 0.3) is 5.56 Å². The van der Waals surface area contributed by atoms with E-state index in [-0.39, 0.29) is 17.2 Å². The molecule has 0 radical (unpaired) electrons. The molecule has 4 aromatic rings. The number of carbonyl (C=O) groups excluding carboxylic acids is 1. The monoisotopic (exact) mass is 525 g/mol. The number of fused-ring (bicyclic) bond motifs is 3. The second-order valence-corrected chi connectivity index (χ2v) is 10.6. The number of hydrogen-bond acceptors (Lipinski definition) is 5. The number of halogens is 1. The molecular formula is C24H20BrN3O2S2. The van der Waals surface area contributed by atoms with Crippen LogP contribution in [-0.4, -0.2) is 21.2 Å². The normalized spacial score (nSPS) is 13.2. The van der Waals surface area contributed by atoms with E-state index in [1.165, 1.54) is 22.2 Å². The Morgan fingerprint density at radius 2 is 1.94 bits per heavy atom. The molecule has 8 heteroatoms. The topological polar surface area (TPSA) is 64.0 Å². The Bertz CT molecular complexity index is 1370. The first-order valence-corrected chi connectivity index (χ1v) is 13.0. The number of aromatic nitrogens is 2. The molecule has 2 heterocycles. The smallest absolute Gasteiger partial charge is 0.267 e. The number of amides is 1. The zero-order chi connectivity index (χ0) is 22.1. The zero-order valence-electron chi connectivity index (χ0n) is 17.1. The van der Waals surface area contributed by atoms with Gasteiger partial charge in [-0.2, -0.15) is 0 Å². The van der Waals surface area contributed by atoms with Crippen LogP contribution in [0.2, 0.25) is 0 Å². The van der Waals surface area contributed by atoms with E-state index in [9.17, 15) is 9.59 Å². The molecule has 0 saturated heterocycles. The van der Waals surface area contributed by atoms with Crippen LogP contribution < -0.4 is 10.9 Å². The lowest BCUT2D eigenvalue weighted by atomic mass is 9.97. The summed E-state index contributed by atoms with van der Waals surface area (Å²) in [5, 5.41) is 4.19. The summed E-state index contributed by atoms with van der Waals surface area (Å²) < 4.78 is 2.55. The molecule has 0 unspecified atom stereocenters. The van der Waals surface area contributed by atoms with Crippen molar-refractivity contribution in [2.75, 3.05) is 11.1 Å². The maximum absolute atomic E-state index is 13.7. The Balaban J connectivity index is 1.51. The predicted octanol–water partition coefficient (Wildman–Crippen LogP) is 5.82. The van der Waals surface area contributed by atoms with Gasteiger partial charge in [-0.25, -0.2) is 4.98 Å². The minimum absolute atomic E-state index is 0.0458. The minimum Gasteiger partial charge on any atom is -0.325 e. The van der Waals surface area contributed by atoms with Gasteiger partial charge in [-0.05, 0) is 61.6 Å². The maximum atomic E-state index is 13.7. The quantitative estimate of drug-likeness (QED) is 0.263. The van der Waals surface area contributed by atoms with E-state index in [0.29, 0.717) is 5.16 Å². The Morgan fingerprint density at radius 3 is 2.75 bits per heavy atom. The van der Waals surface area contributed by atoms with Crippen molar-refractivity contribution in [3.8, 4) is 5.69 Å². The average molecular weight is 526 g/mol. The number of thioether (sulfide) groups is 1. The molecule has 0 fully saturated rings. The maximum Gasteiger partial charge on any atom is 0.267 e. The number of aryl methyl sites for hydroxylation is 2. The molecule has 1 N–H and O–H groups in total. The summed E-state index contributed by atoms with van der Waals surface area (Å²) in [6.07, 6.45) is 4.21. The van der Waals surface area contributed by atoms with Gasteiger partial charge in [0.15, 0.2) is 5.16 Å². The molecule has 0 spiro atoms. The Kier molecular flexibility index (Phi) is 6.17. The largest absolute Gasteiger partial charge is 0.325 e. The van der Waals surface area contributed by atoms with E-state index in [1.54, 1.807) is 15.9 Å². The highest BCUT2D eigenvalue weighted by atomic mass is 79.9. The highest BCUT2D eigenvalue weighted by Gasteiger charge is 2.23. The van der Waals surface area contributed by atoms with Gasteiger partial charge in [0.1, 0.15) is 4.83 Å². The van der Waals surface area contributed by atoms with Gasteiger partial charge in [0.2, 0.25) is 5.91 Å². The van der Waals surface area contributed by atoms with Crippen LogP contribution >= 0.6 is 39.0 Å². The molecule has 0 aliphatic heterocycles. The van der Waals surface area contributed by atoms with Crippen molar-refractivity contribution < 1.29 is 4.79 Å². The van der Waals surface area contributed by atoms with Crippen LogP contribution in [0.3, 0.4) is 0 Å². The molecule has 5 rings (SSSR count). The SMILES string of the molecule is O=C(CSc1nc2sc3c(c2c(=O)n1-c1ccccc1)CCCC3)Nc1cccc(Br)c1. The number of anilines is 1. The number of hydrogen-bond donors (Lipinski definition) is 1. The molecule has 162 valence electrons. The van der Waals surface area contributed by atoms with Gasteiger partial charge in [-0.1, -0.05) is 52.0 Å². The van der Waals surface area contributed by atoms with Gasteiger partial charge < -0.3 is 5.32 Å². The molecule has 0 saturated carbocycles. The van der Waals surface area contributed by atoms with Gasteiger partial charge in [-0.3, -0.25) is 14.2 Å². The number of benzene rings is 2. The summed E-state index contributed by atoms with van der Waals surface area (Å²) in [6.45, 7) is 0. The van der Waals surface area contributed by atoms with Gasteiger partial charge in [-0.15, -0.1) is 11.3 Å². The number of nitrogens with one attached hydrogen (secondary N) is 1. The lowest BCUT2D eigenvalue weighted by Gasteiger charge is -2.13. The second-order valence-electron chi connectivity index (χ2n) is 7.61. The molecule has 0 bridgehead atoms. The van der Waals surface area contributed by atoms with E-state index < -0.39 is 0 Å². The van der Waals surface area contributed by atoms with Gasteiger partial charge >= 0.3 is 0 Å². The fraction of sp³-hybridized carbons (Fsp3) is 0.208. The minimum atomic E-state index is -0.146. The molecule has 2 aromatic heterocycles. The highest BCUT2D eigenvalue weighted by Crippen LogP contribution is 2.35. The number of nitrogens with zero attached hydrogens (tertiary/aromatic N) is 2. The summed E-state index contributed by atoms with van der Waals surface area (Å²) in [6, 6.07) is 17.0. The molecule has 32 heavy (non-hydrogen) atoms. The van der Waals surface area contributed by atoms with Crippen LogP contribution in [0, 0.1) is 0 Å². The Labute approximate surface area is 202 Å². The van der Waals surface area contributed by atoms with E-state index in [0.717, 1.165) is 51.7 Å². The molecule has 5 nitrogen and oxygen atoms in total. The predicted molar refractivity (Wildman–Crippen MR) is 135 cm³/mol. The second kappa shape index (κ2) is 9.21. The first-order valence-electron chi connectivity index (χ1n) is 10.4. The number of para-hydroxylation sites is 1. The van der Waals surface area contributed by atoms with Crippen LogP contribution in [-0.2, 0) is 17.6 Å². The third kappa shape index (κ3) is 4.27. The van der Waals surface area contributed by atoms with Crippen LogP contribution in [0.25, 0.3) is 15.9 Å². The van der Waals surface area contributed by atoms with Crippen molar-refractivity contribution in [1.82, 2.24) is 9.55 Å². The number of thiophene rings is 1. The lowest BCUT2D eigenvalue weighted by molar-refractivity contribution is -0.113. The van der Waals surface area contributed by atoms with Crippen molar-refractivity contribution >= 4 is 60.8 Å². The molecule has 2 aromatic carbocycles. The third-order valence-corrected chi connectivity index (χ3v) is 8.03. The lowest BCUT2D eigenvalue weighted by Crippen LogP contribution is -2.23. The van der Waals surface area contributed by atoms with E-state index in [4.69, 9.17) is 4.98 Å². The zero-order valence-corrected chi connectivity index (χ0v) is 20.4. The summed E-state index contributed by atoms with van der Waals surface area (Å²) in [7, 11) is 0. The third-order valence-electron chi connectivity index (χ3n) is 5.41. The Morgan fingerprint density at radius 1 is 1.12 bits per heavy atom. The Hall–Kier alpha value is -2.42. The van der Waals surface area contributed by atoms with Crippen LogP contribution in [0.1, 0.15) is 23.3 Å². The van der Waals surface area contributed by atoms with Gasteiger partial charge in [0, 0.05) is 15.0 Å². The summed E-state index contributed by atoms with van der Waals surface area (Å²) in [5.74, 6) is 0.00934. The fourth-order valence-electron chi connectivity index (χ4n) is 3.98. The van der Waals surface area contributed by atoms with Crippen molar-refractivity contribution in [2.45, 2.75) is 30.8 Å². The summed E-state index contributed by atoms with van der Waals surface area (Å²) in [5.41, 5.74) is 2.61. The summed E-state index contributed by atoms with van der Waals surface area (Å²) >= 11 is 6.32. The molecule has 1 aliphatic rings. The van der Waals surface area contributed by atoms with Crippen LogP contribution in [0.15, 0.2) is 69.0 Å². The van der Waals surface area contributed by atoms with E-state index in [1.807, 2.05) is 54.6 Å². The standard InChI is InChI=1S/C24H20BrN3O2S2/c25-15-7-6-8-16(13-15)26-20(29)14-31-24-27-22-21(18-11-4-5-12-19(18)32-22)23(30)28(24)17-9-2-1-3-10-17/h1-3,6-10,13H,4-5,11-12,14H2,(H,26,29). The first kappa shape index (κ1) is 21.4. The first-order chi connectivity index (χ1) is 15.6. The average Bonchev–Trinajstić information content (AvgIpc) is 3.17.